The van der Waals surface area contributed by atoms with Crippen molar-refractivity contribution in [2.24, 2.45) is 5.73 Å². The molecule has 19 heavy (non-hydrogen) atoms. The van der Waals surface area contributed by atoms with Crippen LogP contribution in [-0.4, -0.2) is 13.4 Å². The van der Waals surface area contributed by atoms with E-state index in [0.29, 0.717) is 17.2 Å². The number of hydrogen-bond acceptors (Lipinski definition) is 5. The molecule has 1 aromatic heterocycles. The Bertz CT molecular complexity index is 693. The van der Waals surface area contributed by atoms with Crippen LogP contribution < -0.4 is 10.5 Å². The Morgan fingerprint density at radius 1 is 1.37 bits per heavy atom. The molecule has 2 rings (SSSR count). The van der Waals surface area contributed by atoms with E-state index in [1.807, 2.05) is 13.0 Å². The molecule has 7 heteroatoms. The monoisotopic (exact) mass is 297 g/mol. The Kier molecular flexibility index (Phi) is 3.88. The van der Waals surface area contributed by atoms with Gasteiger partial charge in [-0.2, -0.15) is 0 Å². The van der Waals surface area contributed by atoms with Crippen molar-refractivity contribution in [2.45, 2.75) is 25.3 Å². The number of aromatic nitrogens is 1. The van der Waals surface area contributed by atoms with Gasteiger partial charge in [0.15, 0.2) is 5.13 Å². The average molecular weight is 297 g/mol. The summed E-state index contributed by atoms with van der Waals surface area (Å²) in [6, 6.07) is 5.08. The minimum Gasteiger partial charge on any atom is -0.326 e. The molecule has 0 aliphatic heterocycles. The maximum atomic E-state index is 12.3. The zero-order valence-electron chi connectivity index (χ0n) is 10.7. The normalized spacial score (nSPS) is 11.5. The number of aryl methyl sites for hydroxylation is 1. The lowest BCUT2D eigenvalue weighted by atomic mass is 10.1. The Labute approximate surface area is 116 Å². The number of anilines is 1. The van der Waals surface area contributed by atoms with Crippen molar-refractivity contribution < 1.29 is 8.42 Å². The van der Waals surface area contributed by atoms with Gasteiger partial charge < -0.3 is 5.73 Å². The van der Waals surface area contributed by atoms with E-state index in [9.17, 15) is 8.42 Å². The number of nitrogens with zero attached hydrogens (tertiary/aromatic N) is 1. The number of nitrogens with two attached hydrogens (primary N) is 1. The summed E-state index contributed by atoms with van der Waals surface area (Å²) in [7, 11) is -3.62. The molecule has 102 valence electrons. The van der Waals surface area contributed by atoms with Crippen LogP contribution in [0.2, 0.25) is 0 Å². The van der Waals surface area contributed by atoms with Crippen LogP contribution in [0, 0.1) is 13.8 Å². The summed E-state index contributed by atoms with van der Waals surface area (Å²) in [5, 5.41) is 2.16. The summed E-state index contributed by atoms with van der Waals surface area (Å²) in [5.74, 6) is 0. The van der Waals surface area contributed by atoms with Crippen molar-refractivity contribution in [1.82, 2.24) is 4.98 Å². The van der Waals surface area contributed by atoms with Gasteiger partial charge in [0.25, 0.3) is 10.0 Å². The number of benzene rings is 1. The van der Waals surface area contributed by atoms with Gasteiger partial charge in [-0.25, -0.2) is 13.4 Å². The number of thiazole rings is 1. The minimum atomic E-state index is -3.62. The molecule has 2 aromatic rings. The molecule has 1 heterocycles. The summed E-state index contributed by atoms with van der Waals surface area (Å²) in [6.45, 7) is 3.88. The molecule has 0 amide bonds. The van der Waals surface area contributed by atoms with Gasteiger partial charge >= 0.3 is 0 Å². The highest BCUT2D eigenvalue weighted by molar-refractivity contribution is 7.93. The summed E-state index contributed by atoms with van der Waals surface area (Å²) >= 11 is 1.26. The predicted octanol–water partition coefficient (Wildman–Crippen LogP) is 2.02. The molecular formula is C12H15N3O2S2. The maximum Gasteiger partial charge on any atom is 0.263 e. The first-order valence-corrected chi connectivity index (χ1v) is 8.04. The molecule has 1 aromatic carbocycles. The average Bonchev–Trinajstić information content (AvgIpc) is 2.74. The molecule has 0 aliphatic carbocycles. The van der Waals surface area contributed by atoms with Crippen LogP contribution in [0.1, 0.15) is 16.8 Å². The maximum absolute atomic E-state index is 12.3. The molecule has 0 fully saturated rings. The number of sulfonamides is 1. The largest absolute Gasteiger partial charge is 0.326 e. The topological polar surface area (TPSA) is 85.1 Å². The first kappa shape index (κ1) is 14.0. The van der Waals surface area contributed by atoms with Crippen molar-refractivity contribution in [2.75, 3.05) is 4.72 Å². The van der Waals surface area contributed by atoms with Gasteiger partial charge in [-0.15, -0.1) is 11.3 Å². The van der Waals surface area contributed by atoms with Crippen LogP contribution in [0.15, 0.2) is 28.5 Å². The fourth-order valence-electron chi connectivity index (χ4n) is 1.74. The van der Waals surface area contributed by atoms with Crippen molar-refractivity contribution in [3.63, 3.8) is 0 Å². The second kappa shape index (κ2) is 5.28. The Morgan fingerprint density at radius 3 is 2.68 bits per heavy atom. The van der Waals surface area contributed by atoms with Gasteiger partial charge in [-0.1, -0.05) is 12.1 Å². The molecule has 0 saturated heterocycles. The molecular weight excluding hydrogens is 282 g/mol. The van der Waals surface area contributed by atoms with Crippen LogP contribution in [-0.2, 0) is 16.6 Å². The van der Waals surface area contributed by atoms with Crippen molar-refractivity contribution >= 4 is 26.5 Å². The molecule has 0 saturated carbocycles. The second-order valence-corrected chi connectivity index (χ2v) is 6.65. The van der Waals surface area contributed by atoms with Crippen LogP contribution in [0.5, 0.6) is 0 Å². The summed E-state index contributed by atoms with van der Waals surface area (Å²) in [5.41, 5.74) is 7.87. The molecule has 5 nitrogen and oxygen atoms in total. The molecule has 0 radical (unpaired) electrons. The highest BCUT2D eigenvalue weighted by atomic mass is 32.2. The van der Waals surface area contributed by atoms with Crippen LogP contribution in [0.3, 0.4) is 0 Å². The summed E-state index contributed by atoms with van der Waals surface area (Å²) in [4.78, 5) is 4.34. The van der Waals surface area contributed by atoms with Crippen LogP contribution in [0.4, 0.5) is 5.13 Å². The van der Waals surface area contributed by atoms with E-state index in [1.165, 1.54) is 11.3 Å². The smallest absolute Gasteiger partial charge is 0.263 e. The van der Waals surface area contributed by atoms with Gasteiger partial charge in [0.2, 0.25) is 0 Å². The van der Waals surface area contributed by atoms with Gasteiger partial charge in [-0.05, 0) is 31.0 Å². The Morgan fingerprint density at radius 2 is 2.11 bits per heavy atom. The standard InChI is InChI=1S/C12H15N3O2S2/c1-8-7-18-12(14-8)15-19(16,17)11-5-3-4-10(6-13)9(11)2/h3-5,7H,6,13H2,1-2H3,(H,14,15). The molecule has 3 N–H and O–H groups in total. The molecule has 0 bridgehead atoms. The summed E-state index contributed by atoms with van der Waals surface area (Å²) in [6.07, 6.45) is 0. The quantitative estimate of drug-likeness (QED) is 0.904. The lowest BCUT2D eigenvalue weighted by Crippen LogP contribution is -2.15. The molecule has 0 aliphatic rings. The number of rotatable bonds is 4. The third-order valence-corrected chi connectivity index (χ3v) is 5.23. The van der Waals surface area contributed by atoms with Crippen LogP contribution in [0.25, 0.3) is 0 Å². The van der Waals surface area contributed by atoms with Gasteiger partial charge in [0.1, 0.15) is 0 Å². The SMILES string of the molecule is Cc1csc(NS(=O)(=O)c2cccc(CN)c2C)n1. The number of nitrogens with one attached hydrogen (secondary N) is 1. The zero-order chi connectivity index (χ0) is 14.0. The van der Waals surface area contributed by atoms with Crippen molar-refractivity contribution in [3.8, 4) is 0 Å². The van der Waals surface area contributed by atoms with Gasteiger partial charge in [0.05, 0.1) is 10.6 Å². The van der Waals surface area contributed by atoms with E-state index in [1.54, 1.807) is 24.4 Å². The van der Waals surface area contributed by atoms with Crippen molar-refractivity contribution in [3.05, 3.63) is 40.4 Å². The third kappa shape index (κ3) is 2.94. The number of hydrogen-bond donors (Lipinski definition) is 2. The molecule has 0 atom stereocenters. The highest BCUT2D eigenvalue weighted by Gasteiger charge is 2.19. The van der Waals surface area contributed by atoms with E-state index in [2.05, 4.69) is 9.71 Å². The van der Waals surface area contributed by atoms with E-state index >= 15 is 0 Å². The van der Waals surface area contributed by atoms with Gasteiger partial charge in [-0.3, -0.25) is 4.72 Å². The Balaban J connectivity index is 2.40. The van der Waals surface area contributed by atoms with E-state index in [0.717, 1.165) is 11.3 Å². The fourth-order valence-corrected chi connectivity index (χ4v) is 3.97. The zero-order valence-corrected chi connectivity index (χ0v) is 12.3. The van der Waals surface area contributed by atoms with E-state index < -0.39 is 10.0 Å². The van der Waals surface area contributed by atoms with Crippen LogP contribution >= 0.6 is 11.3 Å². The third-order valence-electron chi connectivity index (χ3n) is 2.75. The van der Waals surface area contributed by atoms with Gasteiger partial charge in [0, 0.05) is 11.9 Å². The lowest BCUT2D eigenvalue weighted by molar-refractivity contribution is 0.600. The summed E-state index contributed by atoms with van der Waals surface area (Å²) < 4.78 is 27.1. The predicted molar refractivity (Wildman–Crippen MR) is 76.7 cm³/mol. The Hall–Kier alpha value is -1.44. The second-order valence-electron chi connectivity index (χ2n) is 4.14. The highest BCUT2D eigenvalue weighted by Crippen LogP contribution is 2.23. The first-order valence-electron chi connectivity index (χ1n) is 5.67. The lowest BCUT2D eigenvalue weighted by Gasteiger charge is -2.11. The van der Waals surface area contributed by atoms with Crippen molar-refractivity contribution in [1.29, 1.82) is 0 Å². The molecule has 0 spiro atoms. The fraction of sp³-hybridized carbons (Fsp3) is 0.250. The van der Waals surface area contributed by atoms with E-state index in [-0.39, 0.29) is 4.90 Å². The van der Waals surface area contributed by atoms with E-state index in [4.69, 9.17) is 5.73 Å². The molecule has 0 unspecified atom stereocenters. The minimum absolute atomic E-state index is 0.239. The first-order chi connectivity index (χ1) is 8.94.